The van der Waals surface area contributed by atoms with Gasteiger partial charge in [-0.3, -0.25) is 0 Å². The maximum absolute atomic E-state index is 5.21. The fourth-order valence-corrected chi connectivity index (χ4v) is 2.41. The first-order valence-corrected chi connectivity index (χ1v) is 5.85. The van der Waals surface area contributed by atoms with Crippen molar-refractivity contribution in [3.05, 3.63) is 0 Å². The minimum atomic E-state index is 0.473. The molecule has 2 heteroatoms. The zero-order chi connectivity index (χ0) is 10.6. The molecule has 0 bridgehead atoms. The second-order valence-electron chi connectivity index (χ2n) is 5.16. The van der Waals surface area contributed by atoms with Gasteiger partial charge in [0.1, 0.15) is 0 Å². The van der Waals surface area contributed by atoms with Gasteiger partial charge in [-0.15, -0.1) is 0 Å². The molecule has 0 amide bonds. The predicted molar refractivity (Wildman–Crippen MR) is 60.5 cm³/mol. The van der Waals surface area contributed by atoms with Gasteiger partial charge < -0.3 is 10.1 Å². The van der Waals surface area contributed by atoms with Gasteiger partial charge in [0.25, 0.3) is 0 Å². The maximum Gasteiger partial charge on any atom is 0.0615 e. The van der Waals surface area contributed by atoms with Crippen LogP contribution < -0.4 is 5.32 Å². The van der Waals surface area contributed by atoms with E-state index in [2.05, 4.69) is 26.1 Å². The molecule has 1 rings (SSSR count). The lowest BCUT2D eigenvalue weighted by molar-refractivity contribution is 0.145. The smallest absolute Gasteiger partial charge is 0.0615 e. The highest BCUT2D eigenvalue weighted by atomic mass is 16.5. The van der Waals surface area contributed by atoms with Crippen LogP contribution in [0.1, 0.15) is 46.5 Å². The summed E-state index contributed by atoms with van der Waals surface area (Å²) >= 11 is 0. The highest BCUT2D eigenvalue weighted by molar-refractivity contribution is 4.91. The Bertz CT molecular complexity index is 168. The summed E-state index contributed by atoms with van der Waals surface area (Å²) in [6.45, 7) is 7.80. The highest BCUT2D eigenvalue weighted by Gasteiger charge is 2.35. The first-order chi connectivity index (χ1) is 6.60. The van der Waals surface area contributed by atoms with Crippen LogP contribution >= 0.6 is 0 Å². The topological polar surface area (TPSA) is 21.3 Å². The quantitative estimate of drug-likeness (QED) is 0.735. The fraction of sp³-hybridized carbons (Fsp3) is 1.00. The number of hydrogen-bond acceptors (Lipinski definition) is 2. The van der Waals surface area contributed by atoms with Gasteiger partial charge in [0.05, 0.1) is 6.61 Å². The molecule has 2 atom stereocenters. The van der Waals surface area contributed by atoms with Gasteiger partial charge in [0, 0.05) is 19.2 Å². The molecule has 0 heterocycles. The summed E-state index contributed by atoms with van der Waals surface area (Å²) in [5.41, 5.74) is 0.473. The van der Waals surface area contributed by atoms with Crippen molar-refractivity contribution in [2.45, 2.75) is 58.5 Å². The van der Waals surface area contributed by atoms with Crippen LogP contribution in [-0.2, 0) is 4.74 Å². The number of nitrogens with one attached hydrogen (secondary N) is 1. The van der Waals surface area contributed by atoms with Crippen LogP contribution in [0.3, 0.4) is 0 Å². The lowest BCUT2D eigenvalue weighted by Crippen LogP contribution is -2.45. The Morgan fingerprint density at radius 1 is 1.50 bits per heavy atom. The van der Waals surface area contributed by atoms with Crippen LogP contribution in [0.15, 0.2) is 0 Å². The number of ether oxygens (including phenoxy) is 1. The first kappa shape index (κ1) is 12.0. The van der Waals surface area contributed by atoms with Crippen LogP contribution in [0, 0.1) is 5.41 Å². The van der Waals surface area contributed by atoms with Gasteiger partial charge in [-0.2, -0.15) is 0 Å². The van der Waals surface area contributed by atoms with Crippen molar-refractivity contribution in [3.8, 4) is 0 Å². The van der Waals surface area contributed by atoms with Crippen molar-refractivity contribution in [2.75, 3.05) is 13.7 Å². The summed E-state index contributed by atoms with van der Waals surface area (Å²) in [5, 5.41) is 3.73. The molecule has 1 fully saturated rings. The SMILES string of the molecule is CCC(COC)NC1CCCC1(C)C. The molecule has 1 aliphatic carbocycles. The Morgan fingerprint density at radius 3 is 2.64 bits per heavy atom. The fourth-order valence-electron chi connectivity index (χ4n) is 2.41. The molecule has 0 aromatic carbocycles. The van der Waals surface area contributed by atoms with E-state index in [9.17, 15) is 0 Å². The third-order valence-corrected chi connectivity index (χ3v) is 3.55. The summed E-state index contributed by atoms with van der Waals surface area (Å²) in [4.78, 5) is 0. The zero-order valence-electron chi connectivity index (χ0n) is 10.1. The monoisotopic (exact) mass is 199 g/mol. The average Bonchev–Trinajstić information content (AvgIpc) is 2.45. The van der Waals surface area contributed by atoms with Gasteiger partial charge in [-0.25, -0.2) is 0 Å². The molecular weight excluding hydrogens is 174 g/mol. The minimum absolute atomic E-state index is 0.473. The highest BCUT2D eigenvalue weighted by Crippen LogP contribution is 2.37. The first-order valence-electron chi connectivity index (χ1n) is 5.85. The van der Waals surface area contributed by atoms with E-state index in [4.69, 9.17) is 4.74 Å². The number of methoxy groups -OCH3 is 1. The van der Waals surface area contributed by atoms with Crippen molar-refractivity contribution < 1.29 is 4.74 Å². The summed E-state index contributed by atoms with van der Waals surface area (Å²) < 4.78 is 5.21. The van der Waals surface area contributed by atoms with E-state index in [1.165, 1.54) is 19.3 Å². The molecule has 1 saturated carbocycles. The summed E-state index contributed by atoms with van der Waals surface area (Å²) in [6, 6.07) is 1.21. The second kappa shape index (κ2) is 5.13. The Balaban J connectivity index is 2.41. The lowest BCUT2D eigenvalue weighted by Gasteiger charge is -2.31. The van der Waals surface area contributed by atoms with Gasteiger partial charge in [0.2, 0.25) is 0 Å². The van der Waals surface area contributed by atoms with Gasteiger partial charge in [-0.1, -0.05) is 27.2 Å². The summed E-state index contributed by atoms with van der Waals surface area (Å²) in [6.07, 6.45) is 5.20. The van der Waals surface area contributed by atoms with E-state index < -0.39 is 0 Å². The third-order valence-electron chi connectivity index (χ3n) is 3.55. The van der Waals surface area contributed by atoms with Crippen LogP contribution in [0.25, 0.3) is 0 Å². The van der Waals surface area contributed by atoms with E-state index in [1.54, 1.807) is 7.11 Å². The van der Waals surface area contributed by atoms with Crippen LogP contribution in [0.4, 0.5) is 0 Å². The molecule has 0 aliphatic heterocycles. The van der Waals surface area contributed by atoms with Crippen LogP contribution in [0.2, 0.25) is 0 Å². The third kappa shape index (κ3) is 2.96. The van der Waals surface area contributed by atoms with E-state index in [0.717, 1.165) is 13.0 Å². The van der Waals surface area contributed by atoms with E-state index in [1.807, 2.05) is 0 Å². The molecule has 14 heavy (non-hydrogen) atoms. The summed E-state index contributed by atoms with van der Waals surface area (Å²) in [7, 11) is 1.78. The lowest BCUT2D eigenvalue weighted by atomic mass is 9.87. The molecule has 0 spiro atoms. The van der Waals surface area contributed by atoms with Crippen molar-refractivity contribution >= 4 is 0 Å². The number of hydrogen-bond donors (Lipinski definition) is 1. The van der Waals surface area contributed by atoms with Crippen LogP contribution in [0.5, 0.6) is 0 Å². The summed E-state index contributed by atoms with van der Waals surface area (Å²) in [5.74, 6) is 0. The van der Waals surface area contributed by atoms with E-state index in [-0.39, 0.29) is 0 Å². The number of rotatable bonds is 5. The standard InChI is InChI=1S/C12H25NO/c1-5-10(9-14-4)13-11-7-6-8-12(11,2)3/h10-11,13H,5-9H2,1-4H3. The Morgan fingerprint density at radius 2 is 2.21 bits per heavy atom. The van der Waals surface area contributed by atoms with Crippen molar-refractivity contribution in [2.24, 2.45) is 5.41 Å². The molecular formula is C12H25NO. The Kier molecular flexibility index (Phi) is 4.39. The van der Waals surface area contributed by atoms with Crippen molar-refractivity contribution in [3.63, 3.8) is 0 Å². The van der Waals surface area contributed by atoms with Gasteiger partial charge in [-0.05, 0) is 24.7 Å². The zero-order valence-corrected chi connectivity index (χ0v) is 10.1. The average molecular weight is 199 g/mol. The predicted octanol–water partition coefficient (Wildman–Crippen LogP) is 2.58. The Labute approximate surface area is 88.4 Å². The van der Waals surface area contributed by atoms with Gasteiger partial charge in [0.15, 0.2) is 0 Å². The van der Waals surface area contributed by atoms with Crippen molar-refractivity contribution in [1.29, 1.82) is 0 Å². The van der Waals surface area contributed by atoms with Crippen molar-refractivity contribution in [1.82, 2.24) is 5.32 Å². The molecule has 1 N–H and O–H groups in total. The molecule has 0 saturated heterocycles. The molecule has 2 nitrogen and oxygen atoms in total. The molecule has 1 aliphatic rings. The van der Waals surface area contributed by atoms with E-state index >= 15 is 0 Å². The minimum Gasteiger partial charge on any atom is -0.383 e. The normalized spacial score (nSPS) is 27.9. The molecule has 0 radical (unpaired) electrons. The van der Waals surface area contributed by atoms with Gasteiger partial charge >= 0.3 is 0 Å². The Hall–Kier alpha value is -0.0800. The van der Waals surface area contributed by atoms with E-state index in [0.29, 0.717) is 17.5 Å². The van der Waals surface area contributed by atoms with Crippen LogP contribution in [-0.4, -0.2) is 25.8 Å². The molecule has 0 aromatic heterocycles. The largest absolute Gasteiger partial charge is 0.383 e. The second-order valence-corrected chi connectivity index (χ2v) is 5.16. The molecule has 0 aromatic rings. The maximum atomic E-state index is 5.21. The molecule has 84 valence electrons. The molecule has 2 unspecified atom stereocenters.